The number of rotatable bonds is 5. The largest absolute Gasteiger partial charge is 0.373 e. The second-order valence-corrected chi connectivity index (χ2v) is 6.51. The van der Waals surface area contributed by atoms with Crippen LogP contribution >= 0.6 is 0 Å². The van der Waals surface area contributed by atoms with Crippen molar-refractivity contribution in [2.75, 3.05) is 13.2 Å². The molecule has 0 aromatic heterocycles. The molecule has 1 heterocycles. The molecular formula is C15H28N2O2. The first-order valence-corrected chi connectivity index (χ1v) is 7.74. The lowest BCUT2D eigenvalue weighted by atomic mass is 9.83. The minimum absolute atomic E-state index is 0.136. The summed E-state index contributed by atoms with van der Waals surface area (Å²) in [4.78, 5) is 11.9. The minimum Gasteiger partial charge on any atom is -0.373 e. The molecule has 1 amide bonds. The summed E-state index contributed by atoms with van der Waals surface area (Å²) in [7, 11) is 0. The van der Waals surface area contributed by atoms with Gasteiger partial charge in [-0.1, -0.05) is 12.8 Å². The normalized spacial score (nSPS) is 35.3. The number of carbonyl (C=O) groups is 1. The number of nitrogens with two attached hydrogens (primary N) is 1. The second kappa shape index (κ2) is 6.71. The van der Waals surface area contributed by atoms with Crippen LogP contribution in [-0.2, 0) is 9.53 Å². The number of nitrogens with one attached hydrogen (secondary N) is 1. The van der Waals surface area contributed by atoms with Gasteiger partial charge in [0, 0.05) is 25.6 Å². The zero-order valence-electron chi connectivity index (χ0n) is 12.1. The van der Waals surface area contributed by atoms with Gasteiger partial charge in [-0.3, -0.25) is 4.79 Å². The van der Waals surface area contributed by atoms with E-state index >= 15 is 0 Å². The van der Waals surface area contributed by atoms with Crippen molar-refractivity contribution in [1.29, 1.82) is 0 Å². The molecule has 4 nitrogen and oxygen atoms in total. The van der Waals surface area contributed by atoms with Gasteiger partial charge < -0.3 is 15.8 Å². The average molecular weight is 268 g/mol. The lowest BCUT2D eigenvalue weighted by molar-refractivity contribution is -0.122. The van der Waals surface area contributed by atoms with Crippen molar-refractivity contribution < 1.29 is 9.53 Å². The third-order valence-electron chi connectivity index (χ3n) is 4.56. The van der Waals surface area contributed by atoms with Crippen LogP contribution in [0, 0.1) is 5.92 Å². The highest BCUT2D eigenvalue weighted by Crippen LogP contribution is 2.27. The Morgan fingerprint density at radius 2 is 2.26 bits per heavy atom. The van der Waals surface area contributed by atoms with E-state index in [1.807, 2.05) is 0 Å². The summed E-state index contributed by atoms with van der Waals surface area (Å²) < 4.78 is 5.67. The molecule has 0 bridgehead atoms. The maximum absolute atomic E-state index is 11.9. The van der Waals surface area contributed by atoms with E-state index in [9.17, 15) is 4.79 Å². The first-order chi connectivity index (χ1) is 9.07. The van der Waals surface area contributed by atoms with Gasteiger partial charge in [-0.25, -0.2) is 0 Å². The third kappa shape index (κ3) is 4.77. The molecule has 2 fully saturated rings. The second-order valence-electron chi connectivity index (χ2n) is 6.51. The zero-order valence-corrected chi connectivity index (χ0v) is 12.1. The maximum Gasteiger partial charge on any atom is 0.220 e. The Kier molecular flexibility index (Phi) is 5.22. The van der Waals surface area contributed by atoms with Gasteiger partial charge in [0.05, 0.1) is 5.60 Å². The Bertz CT molecular complexity index is 301. The molecule has 1 saturated heterocycles. The predicted molar refractivity (Wildman–Crippen MR) is 75.8 cm³/mol. The quantitative estimate of drug-likeness (QED) is 0.801. The van der Waals surface area contributed by atoms with Crippen molar-refractivity contribution in [3.05, 3.63) is 0 Å². The van der Waals surface area contributed by atoms with Crippen LogP contribution in [0.3, 0.4) is 0 Å². The van der Waals surface area contributed by atoms with Crippen LogP contribution in [0.4, 0.5) is 0 Å². The van der Waals surface area contributed by atoms with E-state index in [4.69, 9.17) is 10.5 Å². The molecule has 1 aliphatic heterocycles. The van der Waals surface area contributed by atoms with E-state index in [1.165, 1.54) is 12.8 Å². The summed E-state index contributed by atoms with van der Waals surface area (Å²) in [5, 5.41) is 3.02. The smallest absolute Gasteiger partial charge is 0.220 e. The van der Waals surface area contributed by atoms with E-state index in [1.54, 1.807) is 0 Å². The van der Waals surface area contributed by atoms with Gasteiger partial charge in [0.25, 0.3) is 0 Å². The van der Waals surface area contributed by atoms with Crippen LogP contribution in [0.25, 0.3) is 0 Å². The molecule has 3 unspecified atom stereocenters. The molecule has 1 aliphatic carbocycles. The molecule has 2 rings (SSSR count). The first kappa shape index (κ1) is 14.8. The van der Waals surface area contributed by atoms with Crippen LogP contribution in [0.15, 0.2) is 0 Å². The van der Waals surface area contributed by atoms with E-state index < -0.39 is 0 Å². The molecule has 19 heavy (non-hydrogen) atoms. The van der Waals surface area contributed by atoms with Crippen LogP contribution in [0.1, 0.15) is 58.3 Å². The van der Waals surface area contributed by atoms with Crippen molar-refractivity contribution in [3.8, 4) is 0 Å². The van der Waals surface area contributed by atoms with Crippen LogP contribution in [-0.4, -0.2) is 30.7 Å². The summed E-state index contributed by atoms with van der Waals surface area (Å²) in [6, 6.07) is 0.354. The molecule has 3 N–H and O–H groups in total. The topological polar surface area (TPSA) is 64.4 Å². The Hall–Kier alpha value is -0.610. The van der Waals surface area contributed by atoms with Crippen LogP contribution in [0.5, 0.6) is 0 Å². The van der Waals surface area contributed by atoms with Crippen molar-refractivity contribution >= 4 is 5.91 Å². The SMILES string of the molecule is CC1(CNC(=O)CCC2CCCC(N)C2)CCCO1. The third-order valence-corrected chi connectivity index (χ3v) is 4.56. The van der Waals surface area contributed by atoms with Gasteiger partial charge >= 0.3 is 0 Å². The highest BCUT2D eigenvalue weighted by Gasteiger charge is 2.30. The maximum atomic E-state index is 11.9. The summed E-state index contributed by atoms with van der Waals surface area (Å²) in [6.45, 7) is 3.56. The highest BCUT2D eigenvalue weighted by atomic mass is 16.5. The Morgan fingerprint density at radius 1 is 1.42 bits per heavy atom. The number of amides is 1. The van der Waals surface area contributed by atoms with Gasteiger partial charge in [-0.05, 0) is 44.9 Å². The fraction of sp³-hybridized carbons (Fsp3) is 0.933. The fourth-order valence-corrected chi connectivity index (χ4v) is 3.28. The molecule has 2 aliphatic rings. The van der Waals surface area contributed by atoms with Gasteiger partial charge in [-0.2, -0.15) is 0 Å². The van der Waals surface area contributed by atoms with Gasteiger partial charge in [-0.15, -0.1) is 0 Å². The summed E-state index contributed by atoms with van der Waals surface area (Å²) in [5.74, 6) is 0.809. The number of hydrogen-bond acceptors (Lipinski definition) is 3. The molecule has 110 valence electrons. The lowest BCUT2D eigenvalue weighted by Crippen LogP contribution is -2.40. The lowest BCUT2D eigenvalue weighted by Gasteiger charge is -2.27. The number of carbonyl (C=O) groups excluding carboxylic acids is 1. The van der Waals surface area contributed by atoms with Crippen LogP contribution < -0.4 is 11.1 Å². The molecule has 1 saturated carbocycles. The molecule has 0 aromatic carbocycles. The average Bonchev–Trinajstić information content (AvgIpc) is 2.82. The molecule has 3 atom stereocenters. The Morgan fingerprint density at radius 3 is 2.95 bits per heavy atom. The van der Waals surface area contributed by atoms with Gasteiger partial charge in [0.15, 0.2) is 0 Å². The predicted octanol–water partition coefficient (Wildman–Crippen LogP) is 1.97. The van der Waals surface area contributed by atoms with Gasteiger partial charge in [0.2, 0.25) is 5.91 Å². The fourth-order valence-electron chi connectivity index (χ4n) is 3.28. The number of hydrogen-bond donors (Lipinski definition) is 2. The highest BCUT2D eigenvalue weighted by molar-refractivity contribution is 5.75. The van der Waals surface area contributed by atoms with Crippen molar-refractivity contribution in [2.45, 2.75) is 69.9 Å². The summed E-state index contributed by atoms with van der Waals surface area (Å²) >= 11 is 0. The molecule has 0 spiro atoms. The van der Waals surface area contributed by atoms with E-state index in [0.717, 1.165) is 38.7 Å². The van der Waals surface area contributed by atoms with Crippen molar-refractivity contribution in [3.63, 3.8) is 0 Å². The standard InChI is InChI=1S/C15H28N2O2/c1-15(8-3-9-19-15)11-17-14(18)7-6-12-4-2-5-13(16)10-12/h12-13H,2-11,16H2,1H3,(H,17,18). The van der Waals surface area contributed by atoms with Crippen molar-refractivity contribution in [1.82, 2.24) is 5.32 Å². The van der Waals surface area contributed by atoms with E-state index in [2.05, 4.69) is 12.2 Å². The zero-order chi connectivity index (χ0) is 13.7. The van der Waals surface area contributed by atoms with Crippen molar-refractivity contribution in [2.24, 2.45) is 11.7 Å². The molecule has 0 radical (unpaired) electrons. The molecular weight excluding hydrogens is 240 g/mol. The van der Waals surface area contributed by atoms with E-state index in [-0.39, 0.29) is 11.5 Å². The van der Waals surface area contributed by atoms with E-state index in [0.29, 0.717) is 24.9 Å². The Balaban J connectivity index is 1.61. The van der Waals surface area contributed by atoms with Gasteiger partial charge in [0.1, 0.15) is 0 Å². The minimum atomic E-state index is -0.136. The first-order valence-electron chi connectivity index (χ1n) is 7.74. The number of ether oxygens (including phenoxy) is 1. The Labute approximate surface area is 116 Å². The molecule has 4 heteroatoms. The summed E-state index contributed by atoms with van der Waals surface area (Å²) in [6.07, 6.45) is 8.47. The molecule has 0 aromatic rings. The monoisotopic (exact) mass is 268 g/mol. The summed E-state index contributed by atoms with van der Waals surface area (Å²) in [5.41, 5.74) is 5.84. The van der Waals surface area contributed by atoms with Crippen LogP contribution in [0.2, 0.25) is 0 Å².